The Labute approximate surface area is 178 Å². The molecule has 8 heteroatoms. The van der Waals surface area contributed by atoms with Gasteiger partial charge in [0.05, 0.1) is 17.6 Å². The molecule has 31 heavy (non-hydrogen) atoms. The molecule has 4 rings (SSSR count). The Hall–Kier alpha value is -3.94. The first-order valence-electron chi connectivity index (χ1n) is 9.87. The zero-order valence-electron chi connectivity index (χ0n) is 16.7. The molecule has 1 aromatic heterocycles. The molecule has 1 aliphatic rings. The van der Waals surface area contributed by atoms with Crippen molar-refractivity contribution in [2.24, 2.45) is 0 Å². The van der Waals surface area contributed by atoms with Crippen LogP contribution in [-0.4, -0.2) is 48.1 Å². The molecule has 2 aromatic carbocycles. The minimum absolute atomic E-state index is 0.00482. The van der Waals surface area contributed by atoms with Crippen LogP contribution in [0.5, 0.6) is 0 Å². The fraction of sp³-hybridized carbons (Fsp3) is 0.174. The molecule has 3 aromatic rings. The molecule has 2 N–H and O–H groups in total. The molecule has 0 aliphatic carbocycles. The molecule has 0 unspecified atom stereocenters. The molecule has 0 bridgehead atoms. The highest BCUT2D eigenvalue weighted by Gasteiger charge is 2.24. The first-order chi connectivity index (χ1) is 15.0. The second-order valence-corrected chi connectivity index (χ2v) is 7.15. The molecule has 2 heterocycles. The lowest BCUT2D eigenvalue weighted by Gasteiger charge is -2.37. The van der Waals surface area contributed by atoms with Crippen molar-refractivity contribution in [1.29, 1.82) is 0 Å². The van der Waals surface area contributed by atoms with Crippen LogP contribution in [0.25, 0.3) is 0 Å². The zero-order valence-corrected chi connectivity index (χ0v) is 16.7. The lowest BCUT2D eigenvalue weighted by molar-refractivity contribution is 0.0696. The Kier molecular flexibility index (Phi) is 5.79. The van der Waals surface area contributed by atoms with Gasteiger partial charge < -0.3 is 20.2 Å². The highest BCUT2D eigenvalue weighted by atomic mass is 19.1. The van der Waals surface area contributed by atoms with Crippen LogP contribution in [0.15, 0.2) is 66.9 Å². The van der Waals surface area contributed by atoms with Crippen LogP contribution in [-0.2, 0) is 0 Å². The number of hydrogen-bond donors (Lipinski definition) is 2. The van der Waals surface area contributed by atoms with Crippen LogP contribution in [0.1, 0.15) is 20.7 Å². The van der Waals surface area contributed by atoms with Gasteiger partial charge >= 0.3 is 5.97 Å². The van der Waals surface area contributed by atoms with Crippen molar-refractivity contribution in [2.45, 2.75) is 0 Å². The number of benzene rings is 2. The van der Waals surface area contributed by atoms with Gasteiger partial charge in [0.1, 0.15) is 17.2 Å². The molecule has 1 amide bonds. The molecular weight excluding hydrogens is 399 g/mol. The van der Waals surface area contributed by atoms with Gasteiger partial charge in [-0.2, -0.15) is 0 Å². The fourth-order valence-corrected chi connectivity index (χ4v) is 3.60. The molecule has 0 radical (unpaired) electrons. The topological polar surface area (TPSA) is 85.8 Å². The average molecular weight is 420 g/mol. The predicted octanol–water partition coefficient (Wildman–Crippen LogP) is 3.50. The van der Waals surface area contributed by atoms with E-state index in [1.165, 1.54) is 18.3 Å². The third-order valence-electron chi connectivity index (χ3n) is 5.16. The van der Waals surface area contributed by atoms with Crippen LogP contribution in [0.4, 0.5) is 21.6 Å². The Morgan fingerprint density at radius 2 is 1.58 bits per heavy atom. The van der Waals surface area contributed by atoms with Gasteiger partial charge in [0.15, 0.2) is 0 Å². The van der Waals surface area contributed by atoms with Crippen molar-refractivity contribution < 1.29 is 19.1 Å². The van der Waals surface area contributed by atoms with Crippen molar-refractivity contribution in [3.63, 3.8) is 0 Å². The Bertz CT molecular complexity index is 1100. The van der Waals surface area contributed by atoms with Crippen LogP contribution in [0.2, 0.25) is 0 Å². The van der Waals surface area contributed by atoms with Crippen molar-refractivity contribution in [2.75, 3.05) is 41.3 Å². The van der Waals surface area contributed by atoms with Gasteiger partial charge in [0.2, 0.25) is 0 Å². The number of hydrogen-bond acceptors (Lipinski definition) is 5. The Morgan fingerprint density at radius 1 is 0.935 bits per heavy atom. The smallest absolute Gasteiger partial charge is 0.339 e. The number of aromatic carboxylic acids is 1. The number of carboxylic acids is 1. The van der Waals surface area contributed by atoms with E-state index in [0.29, 0.717) is 48.9 Å². The highest BCUT2D eigenvalue weighted by Crippen LogP contribution is 2.25. The largest absolute Gasteiger partial charge is 0.478 e. The van der Waals surface area contributed by atoms with E-state index in [0.717, 1.165) is 0 Å². The molecular formula is C23H21FN4O3. The second-order valence-electron chi connectivity index (χ2n) is 7.15. The molecule has 0 atom stereocenters. The number of anilines is 3. The van der Waals surface area contributed by atoms with Gasteiger partial charge in [-0.05, 0) is 30.3 Å². The number of halogens is 1. The SMILES string of the molecule is O=C(Nc1cnc(N2CCN(c3ccccc3F)CC2)c(C(=O)O)c1)c1ccccc1. The third kappa shape index (κ3) is 4.48. The van der Waals surface area contributed by atoms with Crippen LogP contribution >= 0.6 is 0 Å². The number of nitrogens with zero attached hydrogens (tertiary/aromatic N) is 3. The normalized spacial score (nSPS) is 13.7. The maximum atomic E-state index is 14.1. The Balaban J connectivity index is 1.49. The predicted molar refractivity (Wildman–Crippen MR) is 116 cm³/mol. The van der Waals surface area contributed by atoms with E-state index in [4.69, 9.17) is 0 Å². The average Bonchev–Trinajstić information content (AvgIpc) is 2.80. The summed E-state index contributed by atoms with van der Waals surface area (Å²) in [6, 6.07) is 16.7. The number of carboxylic acid groups (broad SMARTS) is 1. The summed E-state index contributed by atoms with van der Waals surface area (Å²) in [4.78, 5) is 32.3. The standard InChI is InChI=1S/C23H21FN4O3/c24-19-8-4-5-9-20(19)27-10-12-28(13-11-27)21-18(23(30)31)14-17(15-25-21)26-22(29)16-6-2-1-3-7-16/h1-9,14-15H,10-13H2,(H,26,29)(H,30,31). The Morgan fingerprint density at radius 3 is 2.26 bits per heavy atom. The summed E-state index contributed by atoms with van der Waals surface area (Å²) >= 11 is 0. The highest BCUT2D eigenvalue weighted by molar-refractivity contribution is 6.05. The molecule has 7 nitrogen and oxygen atoms in total. The third-order valence-corrected chi connectivity index (χ3v) is 5.16. The van der Waals surface area contributed by atoms with Crippen molar-refractivity contribution in [1.82, 2.24) is 4.98 Å². The van der Waals surface area contributed by atoms with Crippen molar-refractivity contribution in [3.05, 3.63) is 83.8 Å². The first-order valence-corrected chi connectivity index (χ1v) is 9.87. The zero-order chi connectivity index (χ0) is 21.8. The van der Waals surface area contributed by atoms with E-state index in [9.17, 15) is 19.1 Å². The van der Waals surface area contributed by atoms with Crippen molar-refractivity contribution in [3.8, 4) is 0 Å². The molecule has 1 saturated heterocycles. The number of amides is 1. The quantitative estimate of drug-likeness (QED) is 0.657. The van der Waals surface area contributed by atoms with E-state index >= 15 is 0 Å². The second kappa shape index (κ2) is 8.83. The minimum atomic E-state index is -1.13. The number of pyridine rings is 1. The van der Waals surface area contributed by atoms with E-state index < -0.39 is 5.97 Å². The monoisotopic (exact) mass is 420 g/mol. The lowest BCUT2D eigenvalue weighted by atomic mass is 10.1. The van der Waals surface area contributed by atoms with Gasteiger partial charge in [0.25, 0.3) is 5.91 Å². The summed E-state index contributed by atoms with van der Waals surface area (Å²) in [5.74, 6) is -1.42. The van der Waals surface area contributed by atoms with E-state index in [1.807, 2.05) is 15.9 Å². The van der Waals surface area contributed by atoms with E-state index in [1.54, 1.807) is 42.5 Å². The number of aromatic nitrogens is 1. The number of para-hydroxylation sites is 1. The molecule has 0 saturated carbocycles. The maximum absolute atomic E-state index is 14.1. The minimum Gasteiger partial charge on any atom is -0.478 e. The summed E-state index contributed by atoms with van der Waals surface area (Å²) in [6.07, 6.45) is 1.45. The van der Waals surface area contributed by atoms with E-state index in [-0.39, 0.29) is 17.3 Å². The van der Waals surface area contributed by atoms with Crippen molar-refractivity contribution >= 4 is 29.1 Å². The van der Waals surface area contributed by atoms with Crippen LogP contribution < -0.4 is 15.1 Å². The van der Waals surface area contributed by atoms with Gasteiger partial charge in [0, 0.05) is 31.7 Å². The van der Waals surface area contributed by atoms with Gasteiger partial charge in [-0.3, -0.25) is 4.79 Å². The summed E-state index contributed by atoms with van der Waals surface area (Å²) in [6.45, 7) is 2.07. The van der Waals surface area contributed by atoms with Gasteiger partial charge in [-0.15, -0.1) is 0 Å². The summed E-state index contributed by atoms with van der Waals surface area (Å²) < 4.78 is 14.1. The molecule has 158 valence electrons. The van der Waals surface area contributed by atoms with E-state index in [2.05, 4.69) is 10.3 Å². The maximum Gasteiger partial charge on any atom is 0.339 e. The van der Waals surface area contributed by atoms with Gasteiger partial charge in [-0.1, -0.05) is 30.3 Å². The summed E-state index contributed by atoms with van der Waals surface area (Å²) in [5.41, 5.74) is 1.31. The number of nitrogens with one attached hydrogen (secondary N) is 1. The number of rotatable bonds is 5. The molecule has 1 aliphatic heterocycles. The fourth-order valence-electron chi connectivity index (χ4n) is 3.60. The summed E-state index contributed by atoms with van der Waals surface area (Å²) in [7, 11) is 0. The summed E-state index contributed by atoms with van der Waals surface area (Å²) in [5, 5.41) is 12.4. The van der Waals surface area contributed by atoms with Crippen LogP contribution in [0, 0.1) is 5.82 Å². The first kappa shape index (κ1) is 20.3. The molecule has 0 spiro atoms. The lowest BCUT2D eigenvalue weighted by Crippen LogP contribution is -2.47. The van der Waals surface area contributed by atoms with Gasteiger partial charge in [-0.25, -0.2) is 14.2 Å². The number of carbonyl (C=O) groups is 2. The number of carbonyl (C=O) groups excluding carboxylic acids is 1. The molecule has 1 fully saturated rings. The van der Waals surface area contributed by atoms with Crippen LogP contribution in [0.3, 0.4) is 0 Å². The number of piperazine rings is 1.